The number of ether oxygens (including phenoxy) is 1. The summed E-state index contributed by atoms with van der Waals surface area (Å²) in [6, 6.07) is 22.1. The molecule has 1 heterocycles. The van der Waals surface area contributed by atoms with Gasteiger partial charge in [-0.1, -0.05) is 59.8 Å². The van der Waals surface area contributed by atoms with Crippen molar-refractivity contribution < 1.29 is 19.2 Å². The maximum absolute atomic E-state index is 10.8. The number of hydrogen-bond acceptors (Lipinski definition) is 6. The Bertz CT molecular complexity index is 1280. The van der Waals surface area contributed by atoms with E-state index in [1.165, 1.54) is 11.1 Å². The van der Waals surface area contributed by atoms with Gasteiger partial charge in [0, 0.05) is 24.8 Å². The molecular formula is C27H27N3O4. The van der Waals surface area contributed by atoms with E-state index in [1.54, 1.807) is 19.1 Å². The Kier molecular flexibility index (Phi) is 7.15. The van der Waals surface area contributed by atoms with Crippen molar-refractivity contribution in [3.05, 3.63) is 83.4 Å². The van der Waals surface area contributed by atoms with E-state index in [9.17, 15) is 4.79 Å². The molecule has 7 nitrogen and oxygen atoms in total. The summed E-state index contributed by atoms with van der Waals surface area (Å²) in [6.45, 7) is 3.10. The minimum atomic E-state index is -0.848. The molecule has 4 rings (SSSR count). The summed E-state index contributed by atoms with van der Waals surface area (Å²) in [4.78, 5) is 17.2. The van der Waals surface area contributed by atoms with E-state index in [4.69, 9.17) is 14.4 Å². The minimum absolute atomic E-state index is 0.0103. The summed E-state index contributed by atoms with van der Waals surface area (Å²) in [7, 11) is 3.46. The summed E-state index contributed by atoms with van der Waals surface area (Å²) in [5.74, 6) is 0.0877. The SMILES string of the molecule is COCc1cc(-c2nc(-c3ccc(CN(C)CC(=O)O)cc3)no2)ccc1-c1ccccc1C. The van der Waals surface area contributed by atoms with Gasteiger partial charge in [-0.2, -0.15) is 4.98 Å². The Morgan fingerprint density at radius 1 is 1.03 bits per heavy atom. The van der Waals surface area contributed by atoms with Crippen LogP contribution in [0.1, 0.15) is 16.7 Å². The zero-order valence-electron chi connectivity index (χ0n) is 19.5. The number of carboxylic acids is 1. The zero-order valence-corrected chi connectivity index (χ0v) is 19.5. The average molecular weight is 458 g/mol. The van der Waals surface area contributed by atoms with Gasteiger partial charge in [-0.3, -0.25) is 9.69 Å². The molecule has 0 saturated heterocycles. The normalized spacial score (nSPS) is 11.2. The molecule has 0 unspecified atom stereocenters. The molecule has 1 N–H and O–H groups in total. The van der Waals surface area contributed by atoms with Gasteiger partial charge in [0.2, 0.25) is 5.82 Å². The number of aromatic nitrogens is 2. The number of benzene rings is 3. The number of carbonyl (C=O) groups is 1. The Morgan fingerprint density at radius 2 is 1.76 bits per heavy atom. The highest BCUT2D eigenvalue weighted by atomic mass is 16.5. The standard InChI is InChI=1S/C27H27N3O4/c1-18-6-4-5-7-23(18)24-13-12-21(14-22(24)17-33-3)27-28-26(29-34-27)20-10-8-19(9-11-20)15-30(2)16-25(31)32/h4-14H,15-17H2,1-3H3,(H,31,32). The molecule has 0 aliphatic heterocycles. The largest absolute Gasteiger partial charge is 0.480 e. The highest BCUT2D eigenvalue weighted by Gasteiger charge is 2.15. The molecule has 4 aromatic rings. The van der Waals surface area contributed by atoms with Crippen molar-refractivity contribution in [3.8, 4) is 34.0 Å². The summed E-state index contributed by atoms with van der Waals surface area (Å²) >= 11 is 0. The molecule has 0 radical (unpaired) electrons. The molecule has 0 saturated carbocycles. The third-order valence-electron chi connectivity index (χ3n) is 5.58. The van der Waals surface area contributed by atoms with Gasteiger partial charge in [-0.05, 0) is 53.9 Å². The van der Waals surface area contributed by atoms with Crippen molar-refractivity contribution in [1.29, 1.82) is 0 Å². The lowest BCUT2D eigenvalue weighted by Gasteiger charge is -2.13. The van der Waals surface area contributed by atoms with Crippen LogP contribution in [0.5, 0.6) is 0 Å². The first kappa shape index (κ1) is 23.4. The van der Waals surface area contributed by atoms with E-state index in [0.29, 0.717) is 24.9 Å². The molecule has 0 aliphatic carbocycles. The lowest BCUT2D eigenvalue weighted by Crippen LogP contribution is -2.25. The first-order chi connectivity index (χ1) is 16.4. The predicted molar refractivity (Wildman–Crippen MR) is 130 cm³/mol. The molecular weight excluding hydrogens is 430 g/mol. The van der Waals surface area contributed by atoms with Crippen LogP contribution >= 0.6 is 0 Å². The van der Waals surface area contributed by atoms with Crippen LogP contribution in [0, 0.1) is 6.92 Å². The van der Waals surface area contributed by atoms with Crippen LogP contribution in [0.15, 0.2) is 71.3 Å². The Morgan fingerprint density at radius 3 is 2.47 bits per heavy atom. The zero-order chi connectivity index (χ0) is 24.1. The van der Waals surface area contributed by atoms with Crippen LogP contribution in [0.4, 0.5) is 0 Å². The maximum atomic E-state index is 10.8. The number of nitrogens with zero attached hydrogens (tertiary/aromatic N) is 3. The van der Waals surface area contributed by atoms with Crippen LogP contribution in [-0.2, 0) is 22.7 Å². The summed E-state index contributed by atoms with van der Waals surface area (Å²) < 4.78 is 11.0. The number of carboxylic acid groups (broad SMARTS) is 1. The minimum Gasteiger partial charge on any atom is -0.480 e. The van der Waals surface area contributed by atoms with E-state index in [2.05, 4.69) is 35.3 Å². The highest BCUT2D eigenvalue weighted by molar-refractivity contribution is 5.74. The second kappa shape index (κ2) is 10.4. The number of aryl methyl sites for hydroxylation is 1. The first-order valence-corrected chi connectivity index (χ1v) is 11.0. The van der Waals surface area contributed by atoms with E-state index in [0.717, 1.165) is 27.8 Å². The Labute approximate surface area is 198 Å². The second-order valence-corrected chi connectivity index (χ2v) is 8.31. The van der Waals surface area contributed by atoms with Crippen LogP contribution in [0.3, 0.4) is 0 Å². The quantitative estimate of drug-likeness (QED) is 0.377. The lowest BCUT2D eigenvalue weighted by molar-refractivity contribution is -0.138. The monoisotopic (exact) mass is 457 g/mol. The van der Waals surface area contributed by atoms with Gasteiger partial charge in [-0.25, -0.2) is 0 Å². The number of aliphatic carboxylic acids is 1. The number of hydrogen-bond donors (Lipinski definition) is 1. The number of rotatable bonds is 9. The first-order valence-electron chi connectivity index (χ1n) is 11.0. The molecule has 0 aliphatic rings. The molecule has 0 amide bonds. The maximum Gasteiger partial charge on any atom is 0.317 e. The Hall–Kier alpha value is -3.81. The molecule has 7 heteroatoms. The fraction of sp³-hybridized carbons (Fsp3) is 0.222. The van der Waals surface area contributed by atoms with Gasteiger partial charge >= 0.3 is 5.97 Å². The van der Waals surface area contributed by atoms with Crippen molar-refractivity contribution in [2.45, 2.75) is 20.1 Å². The molecule has 1 aromatic heterocycles. The molecule has 3 aromatic carbocycles. The molecule has 0 atom stereocenters. The second-order valence-electron chi connectivity index (χ2n) is 8.31. The molecule has 34 heavy (non-hydrogen) atoms. The van der Waals surface area contributed by atoms with Crippen molar-refractivity contribution in [2.75, 3.05) is 20.7 Å². The van der Waals surface area contributed by atoms with Gasteiger partial charge in [0.25, 0.3) is 5.89 Å². The van der Waals surface area contributed by atoms with Crippen LogP contribution in [-0.4, -0.2) is 46.8 Å². The molecule has 0 bridgehead atoms. The third-order valence-corrected chi connectivity index (χ3v) is 5.58. The van der Waals surface area contributed by atoms with Gasteiger partial charge < -0.3 is 14.4 Å². The van der Waals surface area contributed by atoms with Crippen molar-refractivity contribution in [2.24, 2.45) is 0 Å². The summed E-state index contributed by atoms with van der Waals surface area (Å²) in [5, 5.41) is 13.1. The summed E-state index contributed by atoms with van der Waals surface area (Å²) in [6.07, 6.45) is 0. The number of likely N-dealkylation sites (N-methyl/N-ethyl adjacent to an activating group) is 1. The van der Waals surface area contributed by atoms with E-state index < -0.39 is 5.97 Å². The average Bonchev–Trinajstić information content (AvgIpc) is 3.30. The highest BCUT2D eigenvalue weighted by Crippen LogP contribution is 2.31. The van der Waals surface area contributed by atoms with E-state index in [-0.39, 0.29) is 6.54 Å². The molecule has 0 spiro atoms. The van der Waals surface area contributed by atoms with Gasteiger partial charge in [-0.15, -0.1) is 0 Å². The van der Waals surface area contributed by atoms with E-state index >= 15 is 0 Å². The van der Waals surface area contributed by atoms with Gasteiger partial charge in [0.15, 0.2) is 0 Å². The smallest absolute Gasteiger partial charge is 0.317 e. The topological polar surface area (TPSA) is 88.7 Å². The van der Waals surface area contributed by atoms with Crippen LogP contribution in [0.2, 0.25) is 0 Å². The third kappa shape index (κ3) is 5.39. The van der Waals surface area contributed by atoms with E-state index in [1.807, 2.05) is 48.5 Å². The van der Waals surface area contributed by atoms with Gasteiger partial charge in [0.05, 0.1) is 13.2 Å². The molecule has 174 valence electrons. The molecule has 0 fully saturated rings. The number of methoxy groups -OCH3 is 1. The van der Waals surface area contributed by atoms with Crippen LogP contribution in [0.25, 0.3) is 34.0 Å². The summed E-state index contributed by atoms with van der Waals surface area (Å²) in [5.41, 5.74) is 7.19. The van der Waals surface area contributed by atoms with Gasteiger partial charge in [0.1, 0.15) is 0 Å². The van der Waals surface area contributed by atoms with Crippen molar-refractivity contribution >= 4 is 5.97 Å². The van der Waals surface area contributed by atoms with Crippen LogP contribution < -0.4 is 0 Å². The fourth-order valence-electron chi connectivity index (χ4n) is 3.96. The van der Waals surface area contributed by atoms with Crippen molar-refractivity contribution in [1.82, 2.24) is 15.0 Å². The lowest BCUT2D eigenvalue weighted by atomic mass is 9.94. The fourth-order valence-corrected chi connectivity index (χ4v) is 3.96. The predicted octanol–water partition coefficient (Wildman–Crippen LogP) is 5.04. The Balaban J connectivity index is 1.56. The van der Waals surface area contributed by atoms with Crippen molar-refractivity contribution in [3.63, 3.8) is 0 Å².